The molecule has 0 aliphatic heterocycles. The maximum absolute atomic E-state index is 10.8. The third-order valence-corrected chi connectivity index (χ3v) is 10.8. The molecular formula is C24H40O4Si. The average Bonchev–Trinajstić information content (AvgIpc) is 2.63. The van der Waals surface area contributed by atoms with Gasteiger partial charge in [0.2, 0.25) is 0 Å². The summed E-state index contributed by atoms with van der Waals surface area (Å²) in [6, 6.07) is 7.63. The summed E-state index contributed by atoms with van der Waals surface area (Å²) < 4.78 is 17.3. The summed E-state index contributed by atoms with van der Waals surface area (Å²) in [6.45, 7) is 11.8. The molecule has 4 nitrogen and oxygen atoms in total. The number of aliphatic hydroxyl groups excluding tert-OH is 1. The highest BCUT2D eigenvalue weighted by atomic mass is 28.4. The van der Waals surface area contributed by atoms with E-state index in [1.807, 2.05) is 30.3 Å². The summed E-state index contributed by atoms with van der Waals surface area (Å²) in [5, 5.41) is 11.0. The molecule has 5 heteroatoms. The van der Waals surface area contributed by atoms with Gasteiger partial charge in [0.15, 0.2) is 15.1 Å². The quantitative estimate of drug-likeness (QED) is 0.316. The minimum absolute atomic E-state index is 0.177. The molecule has 0 saturated heterocycles. The SMILES string of the molecule is COCOc1ccccc1C(O)C=C1CCCC(O[Si](C)(C)C(C)(C)C)CCC1. The van der Waals surface area contributed by atoms with Crippen LogP contribution in [0.1, 0.15) is 71.0 Å². The van der Waals surface area contributed by atoms with E-state index in [1.165, 1.54) is 5.57 Å². The van der Waals surface area contributed by atoms with Crippen LogP contribution in [0.15, 0.2) is 35.9 Å². The summed E-state index contributed by atoms with van der Waals surface area (Å²) in [5.74, 6) is 0.673. The van der Waals surface area contributed by atoms with Gasteiger partial charge in [-0.2, -0.15) is 0 Å². The third-order valence-electron chi connectivity index (χ3n) is 6.28. The van der Waals surface area contributed by atoms with Crippen LogP contribution in [0.25, 0.3) is 0 Å². The monoisotopic (exact) mass is 420 g/mol. The lowest BCUT2D eigenvalue weighted by Crippen LogP contribution is -2.44. The van der Waals surface area contributed by atoms with Crippen molar-refractivity contribution in [3.63, 3.8) is 0 Å². The fraction of sp³-hybridized carbons (Fsp3) is 0.667. The highest BCUT2D eigenvalue weighted by Crippen LogP contribution is 2.39. The number of hydrogen-bond acceptors (Lipinski definition) is 4. The summed E-state index contributed by atoms with van der Waals surface area (Å²) in [4.78, 5) is 0. The molecule has 1 aromatic carbocycles. The Kier molecular flexibility index (Phi) is 8.95. The second-order valence-corrected chi connectivity index (χ2v) is 14.4. The number of para-hydroxylation sites is 1. The van der Waals surface area contributed by atoms with Crippen LogP contribution in [0.2, 0.25) is 18.1 Å². The van der Waals surface area contributed by atoms with Crippen LogP contribution in [0.4, 0.5) is 0 Å². The molecule has 1 N–H and O–H groups in total. The van der Waals surface area contributed by atoms with E-state index in [-0.39, 0.29) is 11.8 Å². The first kappa shape index (κ1) is 24.1. The van der Waals surface area contributed by atoms with Crippen molar-refractivity contribution in [2.24, 2.45) is 0 Å². The van der Waals surface area contributed by atoms with E-state index < -0.39 is 14.4 Å². The van der Waals surface area contributed by atoms with Gasteiger partial charge in [0.1, 0.15) is 11.9 Å². The van der Waals surface area contributed by atoms with Crippen LogP contribution >= 0.6 is 0 Å². The number of hydrogen-bond donors (Lipinski definition) is 1. The molecule has 0 amide bonds. The molecule has 1 saturated carbocycles. The number of allylic oxidation sites excluding steroid dienone is 1. The van der Waals surface area contributed by atoms with E-state index in [4.69, 9.17) is 13.9 Å². The minimum atomic E-state index is -1.71. The van der Waals surface area contributed by atoms with Crippen molar-refractivity contribution in [2.45, 2.75) is 89.6 Å². The Morgan fingerprint density at radius 2 is 1.76 bits per heavy atom. The topological polar surface area (TPSA) is 47.9 Å². The van der Waals surface area contributed by atoms with Gasteiger partial charge < -0.3 is 19.0 Å². The molecule has 2 rings (SSSR count). The van der Waals surface area contributed by atoms with Crippen molar-refractivity contribution in [1.29, 1.82) is 0 Å². The van der Waals surface area contributed by atoms with E-state index in [0.717, 1.165) is 44.1 Å². The zero-order chi connectivity index (χ0) is 21.5. The lowest BCUT2D eigenvalue weighted by Gasteiger charge is -2.40. The van der Waals surface area contributed by atoms with Crippen molar-refractivity contribution < 1.29 is 19.0 Å². The van der Waals surface area contributed by atoms with Crippen LogP contribution in [0.3, 0.4) is 0 Å². The van der Waals surface area contributed by atoms with Crippen molar-refractivity contribution in [3.05, 3.63) is 41.5 Å². The first-order valence-corrected chi connectivity index (χ1v) is 13.8. The lowest BCUT2D eigenvalue weighted by atomic mass is 9.93. The maximum atomic E-state index is 10.8. The Balaban J connectivity index is 1.97. The first-order chi connectivity index (χ1) is 13.6. The average molecular weight is 421 g/mol. The Bertz CT molecular complexity index is 651. The molecule has 0 spiro atoms. The molecule has 1 aliphatic rings. The lowest BCUT2D eigenvalue weighted by molar-refractivity contribution is 0.0489. The van der Waals surface area contributed by atoms with E-state index >= 15 is 0 Å². The second-order valence-electron chi connectivity index (χ2n) is 9.64. The molecule has 1 atom stereocenters. The first-order valence-electron chi connectivity index (χ1n) is 10.9. The predicted molar refractivity (Wildman–Crippen MR) is 122 cm³/mol. The van der Waals surface area contributed by atoms with Crippen LogP contribution in [-0.2, 0) is 9.16 Å². The number of aliphatic hydroxyl groups is 1. The van der Waals surface area contributed by atoms with E-state index in [2.05, 4.69) is 33.9 Å². The fourth-order valence-electron chi connectivity index (χ4n) is 3.55. The molecule has 164 valence electrons. The Labute approximate surface area is 178 Å². The van der Waals surface area contributed by atoms with Crippen molar-refractivity contribution >= 4 is 8.32 Å². The molecule has 1 fully saturated rings. The molecule has 1 aromatic rings. The molecular weight excluding hydrogens is 380 g/mol. The minimum Gasteiger partial charge on any atom is -0.467 e. The highest BCUT2D eigenvalue weighted by molar-refractivity contribution is 6.74. The van der Waals surface area contributed by atoms with E-state index in [9.17, 15) is 5.11 Å². The number of rotatable bonds is 7. The summed E-state index contributed by atoms with van der Waals surface area (Å²) in [7, 11) is -0.120. The predicted octanol–water partition coefficient (Wildman–Crippen LogP) is 6.37. The number of methoxy groups -OCH3 is 1. The molecule has 0 heterocycles. The van der Waals surface area contributed by atoms with E-state index in [1.54, 1.807) is 7.11 Å². The Morgan fingerprint density at radius 1 is 1.14 bits per heavy atom. The number of benzene rings is 1. The highest BCUT2D eigenvalue weighted by Gasteiger charge is 2.39. The smallest absolute Gasteiger partial charge is 0.192 e. The molecule has 29 heavy (non-hydrogen) atoms. The van der Waals surface area contributed by atoms with Gasteiger partial charge in [0.05, 0.1) is 0 Å². The van der Waals surface area contributed by atoms with Gasteiger partial charge in [-0.25, -0.2) is 0 Å². The van der Waals surface area contributed by atoms with Crippen molar-refractivity contribution in [2.75, 3.05) is 13.9 Å². The Morgan fingerprint density at radius 3 is 2.34 bits per heavy atom. The standard InChI is InChI=1S/C24H40O4Si/c1-24(2,3)29(5,6)28-20-13-9-11-19(12-10-14-20)17-22(25)21-15-7-8-16-23(21)27-18-26-4/h7-8,15-17,20,22,25H,9-14,18H2,1-6H3. The van der Waals surface area contributed by atoms with Gasteiger partial charge in [-0.05, 0) is 62.7 Å². The van der Waals surface area contributed by atoms with Crippen molar-refractivity contribution in [3.8, 4) is 5.75 Å². The van der Waals surface area contributed by atoms with E-state index in [0.29, 0.717) is 11.9 Å². The second kappa shape index (κ2) is 10.8. The normalized spacial score (nSPS) is 20.0. The van der Waals surface area contributed by atoms with Crippen LogP contribution < -0.4 is 4.74 Å². The van der Waals surface area contributed by atoms with Crippen molar-refractivity contribution in [1.82, 2.24) is 0 Å². The molecule has 1 unspecified atom stereocenters. The summed E-state index contributed by atoms with van der Waals surface area (Å²) >= 11 is 0. The largest absolute Gasteiger partial charge is 0.467 e. The molecule has 0 radical (unpaired) electrons. The van der Waals surface area contributed by atoms with Gasteiger partial charge in [0, 0.05) is 18.8 Å². The summed E-state index contributed by atoms with van der Waals surface area (Å²) in [6.07, 6.45) is 8.22. The van der Waals surface area contributed by atoms with Crippen LogP contribution in [-0.4, -0.2) is 33.4 Å². The molecule has 0 aromatic heterocycles. The summed E-state index contributed by atoms with van der Waals surface area (Å²) in [5.41, 5.74) is 2.13. The van der Waals surface area contributed by atoms with Gasteiger partial charge in [-0.15, -0.1) is 0 Å². The van der Waals surface area contributed by atoms with Crippen LogP contribution in [0.5, 0.6) is 5.75 Å². The Hall–Kier alpha value is -1.14. The fourth-order valence-corrected chi connectivity index (χ4v) is 4.98. The molecule has 1 aliphatic carbocycles. The molecule has 0 bridgehead atoms. The van der Waals surface area contributed by atoms with Gasteiger partial charge in [-0.1, -0.05) is 50.6 Å². The third kappa shape index (κ3) is 7.25. The maximum Gasteiger partial charge on any atom is 0.192 e. The van der Waals surface area contributed by atoms with Gasteiger partial charge in [-0.3, -0.25) is 0 Å². The van der Waals surface area contributed by atoms with Gasteiger partial charge >= 0.3 is 0 Å². The van der Waals surface area contributed by atoms with Gasteiger partial charge in [0.25, 0.3) is 0 Å². The zero-order valence-electron chi connectivity index (χ0n) is 19.2. The number of ether oxygens (including phenoxy) is 2. The zero-order valence-corrected chi connectivity index (χ0v) is 20.2. The van der Waals surface area contributed by atoms with Crippen LogP contribution in [0, 0.1) is 0 Å².